The van der Waals surface area contributed by atoms with Crippen molar-refractivity contribution in [2.24, 2.45) is 5.10 Å². The van der Waals surface area contributed by atoms with Crippen LogP contribution in [0.5, 0.6) is 23.0 Å². The Labute approximate surface area is 152 Å². The molecule has 1 amide bonds. The molecule has 1 N–H and O–H groups in total. The first-order chi connectivity index (χ1) is 12.6. The zero-order valence-corrected chi connectivity index (χ0v) is 15.2. The van der Waals surface area contributed by atoms with E-state index >= 15 is 0 Å². The van der Waals surface area contributed by atoms with Gasteiger partial charge in [-0.05, 0) is 24.6 Å². The van der Waals surface area contributed by atoms with Crippen molar-refractivity contribution in [1.82, 2.24) is 5.43 Å². The topological polar surface area (TPSA) is 78.4 Å². The van der Waals surface area contributed by atoms with E-state index in [-0.39, 0.29) is 12.5 Å². The second-order valence-corrected chi connectivity index (χ2v) is 5.30. The van der Waals surface area contributed by atoms with Gasteiger partial charge in [0.25, 0.3) is 5.91 Å². The number of nitrogens with one attached hydrogen (secondary N) is 1. The maximum Gasteiger partial charge on any atom is 0.277 e. The van der Waals surface area contributed by atoms with Crippen molar-refractivity contribution in [2.75, 3.05) is 27.9 Å². The van der Waals surface area contributed by atoms with Gasteiger partial charge in [-0.15, -0.1) is 0 Å². The number of carbonyl (C=O) groups is 1. The van der Waals surface area contributed by atoms with Gasteiger partial charge in [-0.1, -0.05) is 18.2 Å². The summed E-state index contributed by atoms with van der Waals surface area (Å²) < 4.78 is 21.2. The van der Waals surface area contributed by atoms with Crippen LogP contribution in [0.3, 0.4) is 0 Å². The molecule has 0 saturated carbocycles. The molecule has 0 unspecified atom stereocenters. The van der Waals surface area contributed by atoms with E-state index in [0.717, 1.165) is 5.56 Å². The Hall–Kier alpha value is -3.22. The maximum atomic E-state index is 11.9. The highest BCUT2D eigenvalue weighted by Gasteiger charge is 2.10. The van der Waals surface area contributed by atoms with Gasteiger partial charge in [-0.2, -0.15) is 5.10 Å². The van der Waals surface area contributed by atoms with Crippen LogP contribution in [0.2, 0.25) is 0 Å². The molecule has 0 saturated heterocycles. The highest BCUT2D eigenvalue weighted by Crippen LogP contribution is 2.33. The summed E-state index contributed by atoms with van der Waals surface area (Å²) in [5, 5.41) is 3.93. The number of para-hydroxylation sites is 1. The second-order valence-electron chi connectivity index (χ2n) is 5.30. The molecule has 0 radical (unpaired) electrons. The number of aryl methyl sites for hydroxylation is 1. The van der Waals surface area contributed by atoms with Crippen molar-refractivity contribution in [3.63, 3.8) is 0 Å². The molecule has 2 aromatic carbocycles. The molecule has 138 valence electrons. The third-order valence-electron chi connectivity index (χ3n) is 3.58. The fourth-order valence-corrected chi connectivity index (χ4v) is 2.22. The van der Waals surface area contributed by atoms with E-state index < -0.39 is 0 Å². The fraction of sp³-hybridized carbons (Fsp3) is 0.263. The fourth-order valence-electron chi connectivity index (χ4n) is 2.22. The molecular weight excluding hydrogens is 336 g/mol. The van der Waals surface area contributed by atoms with Crippen molar-refractivity contribution >= 4 is 12.1 Å². The van der Waals surface area contributed by atoms with E-state index in [1.807, 2.05) is 25.1 Å². The molecule has 0 aliphatic rings. The SMILES string of the molecule is COc1cc(OC)c(OC)cc1/C=N/NC(=O)COc1ccccc1C. The van der Waals surface area contributed by atoms with Crippen LogP contribution < -0.4 is 24.4 Å². The standard InChI is InChI=1S/C19H22N2O5/c1-13-7-5-6-8-15(13)26-12-19(22)21-20-11-14-9-17(24-3)18(25-4)10-16(14)23-2/h5-11H,12H2,1-4H3,(H,21,22)/b20-11+. The van der Waals surface area contributed by atoms with Crippen LogP contribution in [0.25, 0.3) is 0 Å². The number of ether oxygens (including phenoxy) is 4. The van der Waals surface area contributed by atoms with Crippen LogP contribution in [0.1, 0.15) is 11.1 Å². The number of nitrogens with zero attached hydrogens (tertiary/aromatic N) is 1. The largest absolute Gasteiger partial charge is 0.496 e. The summed E-state index contributed by atoms with van der Waals surface area (Å²) in [4.78, 5) is 11.9. The summed E-state index contributed by atoms with van der Waals surface area (Å²) in [6.07, 6.45) is 1.46. The normalized spacial score (nSPS) is 10.5. The predicted octanol–water partition coefficient (Wildman–Crippen LogP) is 2.55. The van der Waals surface area contributed by atoms with E-state index in [1.54, 1.807) is 25.3 Å². The molecule has 0 heterocycles. The molecular formula is C19H22N2O5. The highest BCUT2D eigenvalue weighted by molar-refractivity contribution is 5.86. The monoisotopic (exact) mass is 358 g/mol. The number of hydrazone groups is 1. The third kappa shape index (κ3) is 4.89. The van der Waals surface area contributed by atoms with Crippen molar-refractivity contribution in [1.29, 1.82) is 0 Å². The molecule has 0 aliphatic heterocycles. The summed E-state index contributed by atoms with van der Waals surface area (Å²) >= 11 is 0. The van der Waals surface area contributed by atoms with Gasteiger partial charge in [0.15, 0.2) is 18.1 Å². The molecule has 0 aliphatic carbocycles. The number of amides is 1. The highest BCUT2D eigenvalue weighted by atomic mass is 16.5. The third-order valence-corrected chi connectivity index (χ3v) is 3.58. The average molecular weight is 358 g/mol. The Morgan fingerprint density at radius 1 is 1.00 bits per heavy atom. The molecule has 7 nitrogen and oxygen atoms in total. The van der Waals surface area contributed by atoms with Crippen LogP contribution in [-0.4, -0.2) is 40.1 Å². The lowest BCUT2D eigenvalue weighted by atomic mass is 10.2. The lowest BCUT2D eigenvalue weighted by molar-refractivity contribution is -0.123. The zero-order chi connectivity index (χ0) is 18.9. The first kappa shape index (κ1) is 19.1. The van der Waals surface area contributed by atoms with Crippen molar-refractivity contribution in [3.05, 3.63) is 47.5 Å². The number of hydrogen-bond acceptors (Lipinski definition) is 6. The average Bonchev–Trinajstić information content (AvgIpc) is 2.66. The maximum absolute atomic E-state index is 11.9. The van der Waals surface area contributed by atoms with Crippen LogP contribution in [0, 0.1) is 6.92 Å². The summed E-state index contributed by atoms with van der Waals surface area (Å²) in [7, 11) is 4.61. The van der Waals surface area contributed by atoms with Gasteiger partial charge in [0.2, 0.25) is 0 Å². The summed E-state index contributed by atoms with van der Waals surface area (Å²) in [6.45, 7) is 1.78. The molecule has 2 aromatic rings. The summed E-state index contributed by atoms with van der Waals surface area (Å²) in [5.41, 5.74) is 4.00. The molecule has 2 rings (SSSR count). The van der Waals surface area contributed by atoms with Gasteiger partial charge in [-0.25, -0.2) is 5.43 Å². The van der Waals surface area contributed by atoms with Crippen molar-refractivity contribution in [2.45, 2.75) is 6.92 Å². The van der Waals surface area contributed by atoms with Crippen LogP contribution in [0.4, 0.5) is 0 Å². The lowest BCUT2D eigenvalue weighted by Crippen LogP contribution is -2.24. The zero-order valence-electron chi connectivity index (χ0n) is 15.2. The second kappa shape index (κ2) is 9.31. The minimum absolute atomic E-state index is 0.134. The summed E-state index contributed by atoms with van der Waals surface area (Å²) in [5.74, 6) is 1.90. The van der Waals surface area contributed by atoms with Crippen molar-refractivity contribution in [3.8, 4) is 23.0 Å². The number of hydrogen-bond donors (Lipinski definition) is 1. The van der Waals surface area contributed by atoms with E-state index in [4.69, 9.17) is 18.9 Å². The minimum atomic E-state index is -0.371. The van der Waals surface area contributed by atoms with Gasteiger partial charge in [-0.3, -0.25) is 4.79 Å². The first-order valence-corrected chi connectivity index (χ1v) is 7.89. The molecule has 0 bridgehead atoms. The smallest absolute Gasteiger partial charge is 0.277 e. The Kier molecular flexibility index (Phi) is 6.84. The van der Waals surface area contributed by atoms with Crippen molar-refractivity contribution < 1.29 is 23.7 Å². The van der Waals surface area contributed by atoms with E-state index in [2.05, 4.69) is 10.5 Å². The molecule has 26 heavy (non-hydrogen) atoms. The van der Waals surface area contributed by atoms with Crippen LogP contribution in [-0.2, 0) is 4.79 Å². The Bertz CT molecular complexity index is 789. The van der Waals surface area contributed by atoms with Gasteiger partial charge >= 0.3 is 0 Å². The number of rotatable bonds is 8. The number of carbonyl (C=O) groups excluding carboxylic acids is 1. The van der Waals surface area contributed by atoms with Crippen LogP contribution in [0.15, 0.2) is 41.5 Å². The lowest BCUT2D eigenvalue weighted by Gasteiger charge is -2.11. The molecule has 0 atom stereocenters. The number of benzene rings is 2. The van der Waals surface area contributed by atoms with Gasteiger partial charge < -0.3 is 18.9 Å². The molecule has 0 fully saturated rings. The van der Waals surface area contributed by atoms with Crippen LogP contribution >= 0.6 is 0 Å². The van der Waals surface area contributed by atoms with E-state index in [0.29, 0.717) is 28.6 Å². The van der Waals surface area contributed by atoms with Gasteiger partial charge in [0.1, 0.15) is 11.5 Å². The molecule has 0 aromatic heterocycles. The van der Waals surface area contributed by atoms with E-state index in [9.17, 15) is 4.79 Å². The van der Waals surface area contributed by atoms with Gasteiger partial charge in [0, 0.05) is 11.6 Å². The molecule has 0 spiro atoms. The Morgan fingerprint density at radius 2 is 1.65 bits per heavy atom. The Balaban J connectivity index is 1.99. The summed E-state index contributed by atoms with van der Waals surface area (Å²) in [6, 6.07) is 10.9. The Morgan fingerprint density at radius 3 is 2.31 bits per heavy atom. The van der Waals surface area contributed by atoms with Gasteiger partial charge in [0.05, 0.1) is 27.5 Å². The quantitative estimate of drug-likeness (QED) is 0.580. The molecule has 7 heteroatoms. The van der Waals surface area contributed by atoms with E-state index in [1.165, 1.54) is 20.4 Å². The predicted molar refractivity (Wildman–Crippen MR) is 98.5 cm³/mol. The first-order valence-electron chi connectivity index (χ1n) is 7.89. The minimum Gasteiger partial charge on any atom is -0.496 e. The number of methoxy groups -OCH3 is 3.